The van der Waals surface area contributed by atoms with E-state index < -0.39 is 11.9 Å². The molecule has 0 atom stereocenters. The molecule has 0 amide bonds. The lowest BCUT2D eigenvalue weighted by Crippen LogP contribution is -1.97. The predicted molar refractivity (Wildman–Crippen MR) is 44.8 cm³/mol. The monoisotopic (exact) mass is 183 g/mol. The normalized spacial score (nSPS) is 9.92. The molecule has 0 bridgehead atoms. The van der Waals surface area contributed by atoms with Crippen molar-refractivity contribution in [3.05, 3.63) is 29.8 Å². The van der Waals surface area contributed by atoms with Crippen LogP contribution in [0.4, 0.5) is 4.39 Å². The van der Waals surface area contributed by atoms with Gasteiger partial charge in [-0.15, -0.1) is 0 Å². The first kappa shape index (κ1) is 9.64. The number of rotatable bonds is 4. The number of carboxylic acid groups (broad SMARTS) is 1. The van der Waals surface area contributed by atoms with Crippen LogP contribution in [0, 0.1) is 5.95 Å². The molecule has 1 aromatic rings. The second kappa shape index (κ2) is 4.54. The fraction of sp³-hybridized carbons (Fsp3) is 0.333. The van der Waals surface area contributed by atoms with Gasteiger partial charge in [-0.3, -0.25) is 4.79 Å². The smallest absolute Gasteiger partial charge is 0.303 e. The van der Waals surface area contributed by atoms with Crippen LogP contribution in [-0.4, -0.2) is 16.1 Å². The second-order valence-corrected chi connectivity index (χ2v) is 2.70. The summed E-state index contributed by atoms with van der Waals surface area (Å²) >= 11 is 0. The molecule has 0 fully saturated rings. The largest absolute Gasteiger partial charge is 0.481 e. The van der Waals surface area contributed by atoms with Crippen LogP contribution in [0.2, 0.25) is 0 Å². The van der Waals surface area contributed by atoms with E-state index in [1.807, 2.05) is 0 Å². The van der Waals surface area contributed by atoms with E-state index in [9.17, 15) is 9.18 Å². The Morgan fingerprint density at radius 3 is 2.92 bits per heavy atom. The van der Waals surface area contributed by atoms with E-state index in [0.29, 0.717) is 18.5 Å². The summed E-state index contributed by atoms with van der Waals surface area (Å²) in [5, 5.41) is 8.35. The van der Waals surface area contributed by atoms with Crippen molar-refractivity contribution >= 4 is 5.97 Å². The highest BCUT2D eigenvalue weighted by Crippen LogP contribution is 2.02. The Bertz CT molecular complexity index is 301. The zero-order chi connectivity index (χ0) is 9.68. The Balaban J connectivity index is 2.41. The molecular formula is C9H10FNO2. The van der Waals surface area contributed by atoms with Gasteiger partial charge >= 0.3 is 5.97 Å². The van der Waals surface area contributed by atoms with Crippen LogP contribution in [0.25, 0.3) is 0 Å². The minimum atomic E-state index is -0.837. The number of nitrogens with zero attached hydrogens (tertiary/aromatic N) is 1. The molecule has 0 unspecified atom stereocenters. The Labute approximate surface area is 75.2 Å². The van der Waals surface area contributed by atoms with Crippen molar-refractivity contribution in [3.8, 4) is 0 Å². The highest BCUT2D eigenvalue weighted by Gasteiger charge is 1.99. The van der Waals surface area contributed by atoms with Crippen molar-refractivity contribution in [2.45, 2.75) is 19.3 Å². The van der Waals surface area contributed by atoms with Gasteiger partial charge in [-0.25, -0.2) is 4.98 Å². The van der Waals surface area contributed by atoms with Crippen LogP contribution in [0.3, 0.4) is 0 Å². The van der Waals surface area contributed by atoms with Crippen molar-refractivity contribution in [2.75, 3.05) is 0 Å². The molecule has 0 aromatic carbocycles. The summed E-state index contributed by atoms with van der Waals surface area (Å²) in [5.41, 5.74) is 0.598. The molecule has 1 rings (SSSR count). The van der Waals surface area contributed by atoms with Gasteiger partial charge in [-0.05, 0) is 25.0 Å². The first-order valence-corrected chi connectivity index (χ1v) is 4.02. The molecule has 0 aliphatic heterocycles. The van der Waals surface area contributed by atoms with Crippen LogP contribution < -0.4 is 0 Å². The average Bonchev–Trinajstić information content (AvgIpc) is 2.03. The van der Waals surface area contributed by atoms with Gasteiger partial charge in [0.05, 0.1) is 0 Å². The highest BCUT2D eigenvalue weighted by molar-refractivity contribution is 5.66. The number of aliphatic carboxylic acids is 1. The first-order valence-electron chi connectivity index (χ1n) is 4.02. The number of carbonyl (C=O) groups is 1. The molecule has 1 heterocycles. The first-order chi connectivity index (χ1) is 6.18. The number of hydrogen-bond donors (Lipinski definition) is 1. The number of pyridine rings is 1. The second-order valence-electron chi connectivity index (χ2n) is 2.70. The van der Waals surface area contributed by atoms with Crippen LogP contribution >= 0.6 is 0 Å². The van der Waals surface area contributed by atoms with E-state index in [0.717, 1.165) is 0 Å². The third-order valence-electron chi connectivity index (χ3n) is 1.60. The molecule has 0 saturated carbocycles. The molecule has 0 aliphatic rings. The lowest BCUT2D eigenvalue weighted by molar-refractivity contribution is -0.137. The van der Waals surface area contributed by atoms with E-state index >= 15 is 0 Å². The van der Waals surface area contributed by atoms with E-state index in [2.05, 4.69) is 4.98 Å². The zero-order valence-electron chi connectivity index (χ0n) is 7.03. The summed E-state index contributed by atoms with van der Waals surface area (Å²) < 4.78 is 12.5. The molecular weight excluding hydrogens is 173 g/mol. The summed E-state index contributed by atoms with van der Waals surface area (Å²) in [6.07, 6.45) is 1.09. The average molecular weight is 183 g/mol. The van der Waals surface area contributed by atoms with Gasteiger partial charge in [-0.1, -0.05) is 6.07 Å². The Kier molecular flexibility index (Phi) is 3.37. The van der Waals surface area contributed by atoms with Crippen LogP contribution in [0.15, 0.2) is 18.2 Å². The number of hydrogen-bond acceptors (Lipinski definition) is 2. The minimum absolute atomic E-state index is 0.0954. The van der Waals surface area contributed by atoms with Crippen molar-refractivity contribution in [2.24, 2.45) is 0 Å². The lowest BCUT2D eigenvalue weighted by Gasteiger charge is -1.97. The van der Waals surface area contributed by atoms with Crippen molar-refractivity contribution in [3.63, 3.8) is 0 Å². The summed E-state index contributed by atoms with van der Waals surface area (Å²) in [5.74, 6) is -1.36. The minimum Gasteiger partial charge on any atom is -0.481 e. The molecule has 0 saturated heterocycles. The van der Waals surface area contributed by atoms with E-state index in [1.54, 1.807) is 12.1 Å². The number of halogens is 1. The Hall–Kier alpha value is -1.45. The Morgan fingerprint density at radius 1 is 1.54 bits per heavy atom. The van der Waals surface area contributed by atoms with Gasteiger partial charge in [-0.2, -0.15) is 4.39 Å². The number of aryl methyl sites for hydroxylation is 1. The topological polar surface area (TPSA) is 50.2 Å². The van der Waals surface area contributed by atoms with Gasteiger partial charge in [0.25, 0.3) is 0 Å². The van der Waals surface area contributed by atoms with Gasteiger partial charge in [0.2, 0.25) is 5.95 Å². The molecule has 1 N–H and O–H groups in total. The predicted octanol–water partition coefficient (Wildman–Crippen LogP) is 1.63. The summed E-state index contributed by atoms with van der Waals surface area (Å²) in [6, 6.07) is 4.52. The molecule has 0 spiro atoms. The van der Waals surface area contributed by atoms with Crippen LogP contribution in [-0.2, 0) is 11.2 Å². The van der Waals surface area contributed by atoms with E-state index in [-0.39, 0.29) is 6.42 Å². The molecule has 70 valence electrons. The summed E-state index contributed by atoms with van der Waals surface area (Å²) in [4.78, 5) is 13.8. The van der Waals surface area contributed by atoms with Crippen molar-refractivity contribution < 1.29 is 14.3 Å². The molecule has 1 aromatic heterocycles. The zero-order valence-corrected chi connectivity index (χ0v) is 7.03. The van der Waals surface area contributed by atoms with Crippen LogP contribution in [0.1, 0.15) is 18.5 Å². The maximum absolute atomic E-state index is 12.5. The highest BCUT2D eigenvalue weighted by atomic mass is 19.1. The molecule has 13 heavy (non-hydrogen) atoms. The quantitative estimate of drug-likeness (QED) is 0.722. The molecule has 0 aliphatic carbocycles. The standard InChI is InChI=1S/C9H10FNO2/c10-8-5-1-3-7(11-8)4-2-6-9(12)13/h1,3,5H,2,4,6H2,(H,12,13). The Morgan fingerprint density at radius 2 is 2.31 bits per heavy atom. The summed E-state index contributed by atoms with van der Waals surface area (Å²) in [7, 11) is 0. The molecule has 3 nitrogen and oxygen atoms in total. The number of carboxylic acids is 1. The fourth-order valence-electron chi connectivity index (χ4n) is 1.01. The SMILES string of the molecule is O=C(O)CCCc1cccc(F)n1. The third-order valence-corrected chi connectivity index (χ3v) is 1.60. The van der Waals surface area contributed by atoms with Gasteiger partial charge in [0.15, 0.2) is 0 Å². The van der Waals surface area contributed by atoms with Crippen molar-refractivity contribution in [1.82, 2.24) is 4.98 Å². The molecule has 4 heteroatoms. The number of aromatic nitrogens is 1. The lowest BCUT2D eigenvalue weighted by atomic mass is 10.2. The van der Waals surface area contributed by atoms with Gasteiger partial charge < -0.3 is 5.11 Å². The summed E-state index contributed by atoms with van der Waals surface area (Å²) in [6.45, 7) is 0. The van der Waals surface area contributed by atoms with E-state index in [4.69, 9.17) is 5.11 Å². The fourth-order valence-corrected chi connectivity index (χ4v) is 1.01. The van der Waals surface area contributed by atoms with Crippen molar-refractivity contribution in [1.29, 1.82) is 0 Å². The maximum Gasteiger partial charge on any atom is 0.303 e. The molecule has 0 radical (unpaired) electrons. The third kappa shape index (κ3) is 3.64. The van der Waals surface area contributed by atoms with Gasteiger partial charge in [0, 0.05) is 12.1 Å². The van der Waals surface area contributed by atoms with Crippen LogP contribution in [0.5, 0.6) is 0 Å². The van der Waals surface area contributed by atoms with Gasteiger partial charge in [0.1, 0.15) is 0 Å². The maximum atomic E-state index is 12.5. The van der Waals surface area contributed by atoms with E-state index in [1.165, 1.54) is 6.07 Å².